The zero-order chi connectivity index (χ0) is 4.50. The Morgan fingerprint density at radius 1 is 1.14 bits per heavy atom. The first-order chi connectivity index (χ1) is 2.00. The van der Waals surface area contributed by atoms with E-state index in [1.807, 2.05) is 0 Å². The van der Waals surface area contributed by atoms with Gasteiger partial charge in [0, 0.05) is 51.4 Å². The predicted octanol–water partition coefficient (Wildman–Crippen LogP) is -1.55. The first-order valence-corrected chi connectivity index (χ1v) is 2.54. The molecule has 0 rings (SSSR count). The van der Waals surface area contributed by atoms with Crippen LogP contribution in [0.25, 0.3) is 0 Å². The minimum atomic E-state index is -5.62. The van der Waals surface area contributed by atoms with E-state index in [0.717, 1.165) is 0 Å². The van der Waals surface area contributed by atoms with Crippen molar-refractivity contribution in [3.05, 3.63) is 0 Å². The fraction of sp³-hybridized carbons (Fsp3) is 0. The number of rotatable bonds is 0. The van der Waals surface area contributed by atoms with E-state index in [4.69, 9.17) is 15.7 Å². The summed E-state index contributed by atoms with van der Waals surface area (Å²) < 4.78 is 34.3. The predicted molar refractivity (Wildman–Crippen MR) is 13.8 cm³/mol. The summed E-state index contributed by atoms with van der Waals surface area (Å²) in [5.41, 5.74) is 0. The van der Waals surface area contributed by atoms with Crippen LogP contribution >= 0.6 is 0 Å². The third kappa shape index (κ3) is 103. The molecule has 0 spiro atoms. The molecular formula is H4KMnNO4. The summed E-state index contributed by atoms with van der Waals surface area (Å²) in [6.45, 7) is 0. The van der Waals surface area contributed by atoms with E-state index in [2.05, 4.69) is 0 Å². The van der Waals surface area contributed by atoms with Gasteiger partial charge in [-0.3, -0.25) is 0 Å². The van der Waals surface area contributed by atoms with E-state index in [0.29, 0.717) is 0 Å². The second kappa shape index (κ2) is 5.61. The van der Waals surface area contributed by atoms with Gasteiger partial charge < -0.3 is 6.15 Å². The van der Waals surface area contributed by atoms with E-state index in [1.165, 1.54) is 0 Å². The van der Waals surface area contributed by atoms with Gasteiger partial charge in [0.1, 0.15) is 0 Å². The summed E-state index contributed by atoms with van der Waals surface area (Å²) >= 11 is -5.62. The zero-order valence-corrected chi connectivity index (χ0v) is 8.31. The van der Waals surface area contributed by atoms with E-state index >= 15 is 0 Å². The van der Waals surface area contributed by atoms with Crippen molar-refractivity contribution in [3.8, 4) is 0 Å². The molecule has 4 N–H and O–H groups in total. The van der Waals surface area contributed by atoms with Crippen LogP contribution in [0.2, 0.25) is 0 Å². The van der Waals surface area contributed by atoms with Crippen molar-refractivity contribution in [1.29, 1.82) is 0 Å². The third-order valence-electron chi connectivity index (χ3n) is 0. The maximum atomic E-state index is 8.58. The summed E-state index contributed by atoms with van der Waals surface area (Å²) in [5.74, 6) is 0. The Labute approximate surface area is 84.6 Å². The van der Waals surface area contributed by atoms with Crippen LogP contribution in [-0.4, -0.2) is 51.4 Å². The van der Waals surface area contributed by atoms with Gasteiger partial charge in [-0.05, 0) is 0 Å². The van der Waals surface area contributed by atoms with Crippen LogP contribution in [0.3, 0.4) is 0 Å². The molecule has 0 aromatic heterocycles. The van der Waals surface area contributed by atoms with Crippen molar-refractivity contribution in [2.24, 2.45) is 0 Å². The van der Waals surface area contributed by atoms with Crippen molar-refractivity contribution in [2.75, 3.05) is 0 Å². The minimum absolute atomic E-state index is 0. The van der Waals surface area contributed by atoms with Crippen LogP contribution in [0.4, 0.5) is 0 Å². The van der Waals surface area contributed by atoms with Gasteiger partial charge in [-0.2, -0.15) is 0 Å². The first-order valence-electron chi connectivity index (χ1n) is 0.617. The van der Waals surface area contributed by atoms with Gasteiger partial charge in [0.05, 0.1) is 0 Å². The number of hydrogen-bond donors (Lipinski definition) is 1. The second-order valence-corrected chi connectivity index (χ2v) is 1.56. The summed E-state index contributed by atoms with van der Waals surface area (Å²) in [7, 11) is 0. The first kappa shape index (κ1) is 15.8. The molecule has 0 amide bonds. The van der Waals surface area contributed by atoms with Crippen molar-refractivity contribution in [1.82, 2.24) is 6.15 Å². The van der Waals surface area contributed by atoms with Gasteiger partial charge in [-0.25, -0.2) is 0 Å². The fourth-order valence-electron chi connectivity index (χ4n) is 0. The molecular weight excluding hydrogens is 172 g/mol. The van der Waals surface area contributed by atoms with Crippen molar-refractivity contribution in [3.63, 3.8) is 0 Å². The Bertz CT molecular complexity index is 133. The molecule has 0 aliphatic rings. The van der Waals surface area contributed by atoms with Crippen molar-refractivity contribution >= 4 is 51.4 Å². The quantitative estimate of drug-likeness (QED) is 0.450. The Kier molecular flexibility index (Phi) is 12.7. The molecule has 0 aromatic carbocycles. The van der Waals surface area contributed by atoms with Crippen molar-refractivity contribution in [2.45, 2.75) is 0 Å². The van der Waals surface area contributed by atoms with Crippen LogP contribution in [0.5, 0.6) is 0 Å². The average molecular weight is 176 g/mol. The Morgan fingerprint density at radius 3 is 1.14 bits per heavy atom. The van der Waals surface area contributed by atoms with E-state index in [-0.39, 0.29) is 57.5 Å². The Balaban J connectivity index is -0.0000000800. The SMILES string of the molecule is [K].[NH4+].[O]=[Mn](=[O])(=[O])[O-]. The second-order valence-electron chi connectivity index (χ2n) is 0.378. The molecule has 0 aromatic rings. The molecule has 7 heteroatoms. The van der Waals surface area contributed by atoms with E-state index in [9.17, 15) is 0 Å². The van der Waals surface area contributed by atoms with Gasteiger partial charge in [0.2, 0.25) is 0 Å². The molecule has 0 bridgehead atoms. The van der Waals surface area contributed by atoms with Crippen molar-refractivity contribution < 1.29 is 28.7 Å². The summed E-state index contributed by atoms with van der Waals surface area (Å²) in [6, 6.07) is 0. The van der Waals surface area contributed by atoms with E-state index < -0.39 is 13.0 Å². The summed E-state index contributed by atoms with van der Waals surface area (Å²) in [5, 5.41) is 0. The Hall–Kier alpha value is 1.48. The standard InChI is InChI=1S/K.Mn.H3N.4O/h;;1H3;;;;/q;;;;;;-1/p+1. The molecule has 0 atom stereocenters. The monoisotopic (exact) mass is 176 g/mol. The molecule has 0 aliphatic carbocycles. The number of quaternary nitrogens is 1. The van der Waals surface area contributed by atoms with E-state index in [1.54, 1.807) is 0 Å². The van der Waals surface area contributed by atoms with Crippen LogP contribution in [-0.2, 0) is 24.5 Å². The summed E-state index contributed by atoms with van der Waals surface area (Å²) in [6.07, 6.45) is 0. The molecule has 1 radical (unpaired) electrons. The Morgan fingerprint density at radius 2 is 1.14 bits per heavy atom. The normalized spacial score (nSPS) is 8.14. The molecule has 0 saturated heterocycles. The van der Waals surface area contributed by atoms with Gasteiger partial charge in [0.25, 0.3) is 0 Å². The summed E-state index contributed by atoms with van der Waals surface area (Å²) in [4.78, 5) is 0. The van der Waals surface area contributed by atoms with Gasteiger partial charge >= 0.3 is 28.7 Å². The molecule has 5 nitrogen and oxygen atoms in total. The molecule has 0 fully saturated rings. The van der Waals surface area contributed by atoms with Gasteiger partial charge in [-0.1, -0.05) is 0 Å². The topological polar surface area (TPSA) is 111 Å². The van der Waals surface area contributed by atoms with Gasteiger partial charge in [-0.15, -0.1) is 0 Å². The molecule has 41 valence electrons. The molecule has 0 saturated carbocycles. The third-order valence-corrected chi connectivity index (χ3v) is 0. The molecule has 0 aliphatic heterocycles. The number of hydrogen-bond acceptors (Lipinski definition) is 4. The maximum absolute atomic E-state index is 8.58. The van der Waals surface area contributed by atoms with Crippen LogP contribution in [0.15, 0.2) is 0 Å². The molecule has 0 heterocycles. The fourth-order valence-corrected chi connectivity index (χ4v) is 0. The molecule has 0 unspecified atom stereocenters. The van der Waals surface area contributed by atoms with Crippen LogP contribution < -0.4 is 10.3 Å². The molecule has 7 heavy (non-hydrogen) atoms. The van der Waals surface area contributed by atoms with Crippen LogP contribution in [0.1, 0.15) is 0 Å². The average Bonchev–Trinajstić information content (AvgIpc) is 0.722. The van der Waals surface area contributed by atoms with Gasteiger partial charge in [0.15, 0.2) is 0 Å². The zero-order valence-electron chi connectivity index (χ0n) is 4.01. The van der Waals surface area contributed by atoms with Crippen LogP contribution in [0, 0.1) is 0 Å².